The van der Waals surface area contributed by atoms with Crippen molar-refractivity contribution in [2.45, 2.75) is 32.6 Å². The van der Waals surface area contributed by atoms with Crippen LogP contribution in [0.1, 0.15) is 45.7 Å². The summed E-state index contributed by atoms with van der Waals surface area (Å²) in [5, 5.41) is 2.50. The molecule has 1 atom stereocenters. The number of hydrogen-bond acceptors (Lipinski definition) is 4. The Bertz CT molecular complexity index is 1400. The fourth-order valence-electron chi connectivity index (χ4n) is 4.44. The van der Waals surface area contributed by atoms with Gasteiger partial charge in [0.25, 0.3) is 11.8 Å². The van der Waals surface area contributed by atoms with Crippen LogP contribution < -0.4 is 5.32 Å². The van der Waals surface area contributed by atoms with Crippen molar-refractivity contribution >= 4 is 23.5 Å². The second-order valence-electron chi connectivity index (χ2n) is 9.24. The zero-order valence-corrected chi connectivity index (χ0v) is 20.7. The van der Waals surface area contributed by atoms with Gasteiger partial charge >= 0.3 is 12.1 Å². The Kier molecular flexibility index (Phi) is 7.26. The van der Waals surface area contributed by atoms with E-state index in [2.05, 4.69) is 5.32 Å². The number of ether oxygens (including phenoxy) is 1. The monoisotopic (exact) mass is 528 g/mol. The van der Waals surface area contributed by atoms with Crippen LogP contribution in [-0.2, 0) is 22.3 Å². The molecule has 10 heteroatoms. The molecule has 4 rings (SSSR count). The zero-order valence-electron chi connectivity index (χ0n) is 20.7. The van der Waals surface area contributed by atoms with E-state index in [0.29, 0.717) is 23.4 Å². The molecule has 2 amide bonds. The molecule has 0 aromatic heterocycles. The van der Waals surface area contributed by atoms with Gasteiger partial charge in [-0.1, -0.05) is 38.1 Å². The molecule has 3 aromatic rings. The van der Waals surface area contributed by atoms with Gasteiger partial charge in [0.05, 0.1) is 12.7 Å². The number of esters is 1. The maximum Gasteiger partial charge on any atom is 0.419 e. The Labute approximate surface area is 216 Å². The molecule has 1 aliphatic rings. The van der Waals surface area contributed by atoms with Gasteiger partial charge in [-0.2, -0.15) is 13.2 Å². The van der Waals surface area contributed by atoms with Gasteiger partial charge in [-0.05, 0) is 59.0 Å². The van der Waals surface area contributed by atoms with Crippen LogP contribution in [0, 0.1) is 11.7 Å². The van der Waals surface area contributed by atoms with Gasteiger partial charge in [0, 0.05) is 23.4 Å². The first-order valence-electron chi connectivity index (χ1n) is 11.7. The lowest BCUT2D eigenvalue weighted by atomic mass is 10.00. The minimum absolute atomic E-state index is 0.141. The summed E-state index contributed by atoms with van der Waals surface area (Å²) in [6, 6.07) is 13.2. The van der Waals surface area contributed by atoms with E-state index < -0.39 is 35.5 Å². The molecule has 0 spiro atoms. The Balaban J connectivity index is 1.51. The number of carbonyl (C=O) groups excluding carboxylic acids is 3. The summed E-state index contributed by atoms with van der Waals surface area (Å²) in [6.07, 6.45) is -4.93. The molecule has 1 aliphatic heterocycles. The fourth-order valence-corrected chi connectivity index (χ4v) is 4.44. The standard InChI is InChI=1S/C28H24F4N2O4/c1-15(2)24(27(37)38-3)34-14-19-5-4-17(12-21(19)26(34)36)16-6-9-20(10-7-16)33-25(35)18-8-11-23(29)22(13-18)28(30,31)32/h4-13,15,24H,14H2,1-3H3,(H,33,35)/t24-/m0/s1. The topological polar surface area (TPSA) is 75.7 Å². The van der Waals surface area contributed by atoms with Crippen LogP contribution >= 0.6 is 0 Å². The molecule has 198 valence electrons. The predicted molar refractivity (Wildman–Crippen MR) is 132 cm³/mol. The Hall–Kier alpha value is -4.21. The highest BCUT2D eigenvalue weighted by Crippen LogP contribution is 2.33. The third kappa shape index (κ3) is 5.25. The zero-order chi connectivity index (χ0) is 27.8. The summed E-state index contributed by atoms with van der Waals surface area (Å²) in [6.45, 7) is 3.97. The summed E-state index contributed by atoms with van der Waals surface area (Å²) in [5.41, 5.74) is 1.18. The van der Waals surface area contributed by atoms with E-state index in [-0.39, 0.29) is 23.9 Å². The van der Waals surface area contributed by atoms with Crippen molar-refractivity contribution in [1.29, 1.82) is 0 Å². The van der Waals surface area contributed by atoms with Crippen LogP contribution in [0.2, 0.25) is 0 Å². The summed E-state index contributed by atoms with van der Waals surface area (Å²) < 4.78 is 57.3. The molecule has 0 fully saturated rings. The molecule has 0 saturated heterocycles. The smallest absolute Gasteiger partial charge is 0.419 e. The van der Waals surface area contributed by atoms with Crippen LogP contribution in [-0.4, -0.2) is 35.8 Å². The van der Waals surface area contributed by atoms with Crippen molar-refractivity contribution in [3.8, 4) is 11.1 Å². The molecule has 0 aliphatic carbocycles. The number of nitrogens with zero attached hydrogens (tertiary/aromatic N) is 1. The van der Waals surface area contributed by atoms with Crippen LogP contribution in [0.4, 0.5) is 23.2 Å². The summed E-state index contributed by atoms with van der Waals surface area (Å²) >= 11 is 0. The van der Waals surface area contributed by atoms with Gasteiger partial charge in [0.15, 0.2) is 0 Å². The number of amides is 2. The first-order valence-corrected chi connectivity index (χ1v) is 11.7. The number of halogens is 4. The minimum Gasteiger partial charge on any atom is -0.467 e. The first kappa shape index (κ1) is 26.8. The number of methoxy groups -OCH3 is 1. The van der Waals surface area contributed by atoms with Gasteiger partial charge in [0.2, 0.25) is 0 Å². The minimum atomic E-state index is -4.93. The van der Waals surface area contributed by atoms with Crippen molar-refractivity contribution in [2.24, 2.45) is 5.92 Å². The van der Waals surface area contributed by atoms with Crippen molar-refractivity contribution in [1.82, 2.24) is 4.90 Å². The van der Waals surface area contributed by atoms with Crippen LogP contribution in [0.5, 0.6) is 0 Å². The Morgan fingerprint density at radius 1 is 0.974 bits per heavy atom. The molecule has 1 heterocycles. The molecule has 3 aromatic carbocycles. The lowest BCUT2D eigenvalue weighted by Gasteiger charge is -2.28. The summed E-state index contributed by atoms with van der Waals surface area (Å²) in [7, 11) is 1.29. The van der Waals surface area contributed by atoms with Gasteiger partial charge in [-0.3, -0.25) is 9.59 Å². The normalized spacial score (nSPS) is 13.9. The van der Waals surface area contributed by atoms with Gasteiger partial charge in [-0.25, -0.2) is 9.18 Å². The number of alkyl halides is 3. The largest absolute Gasteiger partial charge is 0.467 e. The number of anilines is 1. The number of nitrogens with one attached hydrogen (secondary N) is 1. The highest BCUT2D eigenvalue weighted by Gasteiger charge is 2.39. The second-order valence-corrected chi connectivity index (χ2v) is 9.24. The Morgan fingerprint density at radius 3 is 2.24 bits per heavy atom. The maximum atomic E-state index is 13.5. The molecular formula is C28H24F4N2O4. The van der Waals surface area contributed by atoms with E-state index in [0.717, 1.165) is 22.8 Å². The molecule has 6 nitrogen and oxygen atoms in total. The van der Waals surface area contributed by atoms with Gasteiger partial charge in [-0.15, -0.1) is 0 Å². The third-order valence-electron chi connectivity index (χ3n) is 6.36. The Morgan fingerprint density at radius 2 is 1.63 bits per heavy atom. The molecule has 0 saturated carbocycles. The number of hydrogen-bond donors (Lipinski definition) is 1. The predicted octanol–water partition coefficient (Wildman–Crippen LogP) is 5.92. The number of benzene rings is 3. The highest BCUT2D eigenvalue weighted by atomic mass is 19.4. The van der Waals surface area contributed by atoms with E-state index in [1.807, 2.05) is 26.0 Å². The highest BCUT2D eigenvalue weighted by molar-refractivity contribution is 6.04. The third-order valence-corrected chi connectivity index (χ3v) is 6.36. The van der Waals surface area contributed by atoms with Crippen molar-refractivity contribution in [3.05, 3.63) is 88.7 Å². The van der Waals surface area contributed by atoms with Crippen LogP contribution in [0.15, 0.2) is 60.7 Å². The maximum absolute atomic E-state index is 13.5. The summed E-state index contributed by atoms with van der Waals surface area (Å²) in [5.74, 6) is -3.17. The first-order chi connectivity index (χ1) is 17.9. The van der Waals surface area contributed by atoms with E-state index in [9.17, 15) is 31.9 Å². The summed E-state index contributed by atoms with van der Waals surface area (Å²) in [4.78, 5) is 39.4. The van der Waals surface area contributed by atoms with E-state index >= 15 is 0 Å². The lowest BCUT2D eigenvalue weighted by Crippen LogP contribution is -2.45. The average Bonchev–Trinajstić information content (AvgIpc) is 3.19. The SMILES string of the molecule is COC(=O)[C@H](C(C)C)N1Cc2ccc(-c3ccc(NC(=O)c4ccc(F)c(C(F)(F)F)c4)cc3)cc2C1=O. The van der Waals surface area contributed by atoms with Crippen molar-refractivity contribution in [2.75, 3.05) is 12.4 Å². The number of carbonyl (C=O) groups is 3. The average molecular weight is 529 g/mol. The fraction of sp³-hybridized carbons (Fsp3) is 0.250. The molecule has 38 heavy (non-hydrogen) atoms. The van der Waals surface area contributed by atoms with Crippen LogP contribution in [0.25, 0.3) is 11.1 Å². The molecule has 0 unspecified atom stereocenters. The van der Waals surface area contributed by atoms with Crippen LogP contribution in [0.3, 0.4) is 0 Å². The van der Waals surface area contributed by atoms with E-state index in [1.165, 1.54) is 12.0 Å². The molecule has 0 radical (unpaired) electrons. The van der Waals surface area contributed by atoms with Gasteiger partial charge < -0.3 is 15.0 Å². The van der Waals surface area contributed by atoms with E-state index in [4.69, 9.17) is 4.74 Å². The number of rotatable bonds is 6. The van der Waals surface area contributed by atoms with E-state index in [1.54, 1.807) is 30.3 Å². The van der Waals surface area contributed by atoms with Gasteiger partial charge in [0.1, 0.15) is 11.9 Å². The quantitative estimate of drug-likeness (QED) is 0.319. The van der Waals surface area contributed by atoms with Crippen molar-refractivity contribution in [3.63, 3.8) is 0 Å². The van der Waals surface area contributed by atoms with Crippen molar-refractivity contribution < 1.29 is 36.7 Å². The molecule has 1 N–H and O–H groups in total. The lowest BCUT2D eigenvalue weighted by molar-refractivity contribution is -0.147. The second kappa shape index (κ2) is 10.3. The molecular weight excluding hydrogens is 504 g/mol. The number of fused-ring (bicyclic) bond motifs is 1. The molecule has 0 bridgehead atoms.